The van der Waals surface area contributed by atoms with Crippen molar-refractivity contribution in [2.45, 2.75) is 25.3 Å². The van der Waals surface area contributed by atoms with Crippen LogP contribution in [0.1, 0.15) is 29.6 Å². The first-order valence-electron chi connectivity index (χ1n) is 9.12. The molecule has 0 unspecified atom stereocenters. The third-order valence-electron chi connectivity index (χ3n) is 5.21. The Morgan fingerprint density at radius 2 is 1.77 bits per heavy atom. The Kier molecular flexibility index (Phi) is 4.84. The number of rotatable bonds is 4. The van der Waals surface area contributed by atoms with Gasteiger partial charge in [0.15, 0.2) is 0 Å². The van der Waals surface area contributed by atoms with E-state index in [4.69, 9.17) is 4.74 Å². The number of pyridine rings is 1. The Labute approximate surface area is 152 Å². The summed E-state index contributed by atoms with van der Waals surface area (Å²) in [6.45, 7) is 3.44. The molecule has 1 aliphatic carbocycles. The van der Waals surface area contributed by atoms with Gasteiger partial charge in [-0.3, -0.25) is 9.69 Å². The van der Waals surface area contributed by atoms with Crippen LogP contribution >= 0.6 is 0 Å². The van der Waals surface area contributed by atoms with Crippen molar-refractivity contribution in [1.82, 2.24) is 14.8 Å². The van der Waals surface area contributed by atoms with Crippen LogP contribution in [0.25, 0.3) is 0 Å². The van der Waals surface area contributed by atoms with Crippen LogP contribution in [0.15, 0.2) is 42.6 Å². The molecule has 1 aromatic heterocycles. The van der Waals surface area contributed by atoms with Gasteiger partial charge in [0.1, 0.15) is 11.6 Å². The van der Waals surface area contributed by atoms with E-state index in [1.54, 1.807) is 18.3 Å². The zero-order valence-electron chi connectivity index (χ0n) is 14.6. The van der Waals surface area contributed by atoms with Gasteiger partial charge in [0.05, 0.1) is 5.56 Å². The monoisotopic (exact) mass is 355 g/mol. The lowest BCUT2D eigenvalue weighted by molar-refractivity contribution is 0.0455. The van der Waals surface area contributed by atoms with E-state index in [2.05, 4.69) is 9.88 Å². The van der Waals surface area contributed by atoms with Crippen molar-refractivity contribution in [1.29, 1.82) is 0 Å². The lowest BCUT2D eigenvalue weighted by Gasteiger charge is -2.42. The Bertz CT molecular complexity index is 752. The average molecular weight is 355 g/mol. The highest BCUT2D eigenvalue weighted by Gasteiger charge is 2.29. The fourth-order valence-corrected chi connectivity index (χ4v) is 3.42. The SMILES string of the molecule is O=C(c1ccc(Oc2ccc(F)cc2)nc1)N1CCN(C2CCC2)CC1. The van der Waals surface area contributed by atoms with Crippen LogP contribution in [-0.2, 0) is 0 Å². The summed E-state index contributed by atoms with van der Waals surface area (Å²) in [5, 5.41) is 0. The van der Waals surface area contributed by atoms with E-state index in [0.29, 0.717) is 17.2 Å². The Morgan fingerprint density at radius 1 is 1.04 bits per heavy atom. The second kappa shape index (κ2) is 7.41. The molecule has 6 heteroatoms. The van der Waals surface area contributed by atoms with E-state index in [9.17, 15) is 9.18 Å². The zero-order valence-corrected chi connectivity index (χ0v) is 14.6. The van der Waals surface area contributed by atoms with Gasteiger partial charge < -0.3 is 9.64 Å². The second-order valence-electron chi connectivity index (χ2n) is 6.85. The van der Waals surface area contributed by atoms with Crippen LogP contribution in [0.2, 0.25) is 0 Å². The Morgan fingerprint density at radius 3 is 2.35 bits per heavy atom. The molecular formula is C20H22FN3O2. The molecule has 26 heavy (non-hydrogen) atoms. The molecular weight excluding hydrogens is 333 g/mol. The third kappa shape index (κ3) is 3.70. The number of benzene rings is 1. The molecule has 136 valence electrons. The van der Waals surface area contributed by atoms with Gasteiger partial charge in [0, 0.05) is 44.5 Å². The average Bonchev–Trinajstić information content (AvgIpc) is 2.63. The number of hydrogen-bond donors (Lipinski definition) is 0. The molecule has 0 N–H and O–H groups in total. The quantitative estimate of drug-likeness (QED) is 0.844. The molecule has 1 saturated carbocycles. The first kappa shape index (κ1) is 17.0. The molecule has 1 aromatic carbocycles. The molecule has 2 fully saturated rings. The van der Waals surface area contributed by atoms with Gasteiger partial charge in [-0.05, 0) is 43.2 Å². The first-order valence-corrected chi connectivity index (χ1v) is 9.12. The number of ether oxygens (including phenoxy) is 1. The number of aromatic nitrogens is 1. The lowest BCUT2D eigenvalue weighted by atomic mass is 9.91. The van der Waals surface area contributed by atoms with Crippen LogP contribution in [0, 0.1) is 5.82 Å². The van der Waals surface area contributed by atoms with Crippen molar-refractivity contribution in [3.63, 3.8) is 0 Å². The summed E-state index contributed by atoms with van der Waals surface area (Å²) in [6.07, 6.45) is 5.47. The van der Waals surface area contributed by atoms with Gasteiger partial charge in [-0.2, -0.15) is 0 Å². The van der Waals surface area contributed by atoms with Gasteiger partial charge in [-0.25, -0.2) is 9.37 Å². The van der Waals surface area contributed by atoms with E-state index in [1.807, 2.05) is 4.90 Å². The summed E-state index contributed by atoms with van der Waals surface area (Å²) in [5.41, 5.74) is 0.563. The van der Waals surface area contributed by atoms with E-state index >= 15 is 0 Å². The molecule has 0 bridgehead atoms. The van der Waals surface area contributed by atoms with Crippen LogP contribution in [-0.4, -0.2) is 52.9 Å². The van der Waals surface area contributed by atoms with Crippen molar-refractivity contribution in [3.8, 4) is 11.6 Å². The molecule has 2 aliphatic rings. The highest BCUT2D eigenvalue weighted by molar-refractivity contribution is 5.94. The number of carbonyl (C=O) groups excluding carboxylic acids is 1. The summed E-state index contributed by atoms with van der Waals surface area (Å²) in [6, 6.07) is 9.87. The van der Waals surface area contributed by atoms with Crippen LogP contribution in [0.4, 0.5) is 4.39 Å². The van der Waals surface area contributed by atoms with Crippen molar-refractivity contribution in [2.75, 3.05) is 26.2 Å². The predicted molar refractivity (Wildman–Crippen MR) is 95.8 cm³/mol. The van der Waals surface area contributed by atoms with E-state index in [0.717, 1.165) is 32.2 Å². The van der Waals surface area contributed by atoms with Gasteiger partial charge >= 0.3 is 0 Å². The van der Waals surface area contributed by atoms with Crippen molar-refractivity contribution in [2.24, 2.45) is 0 Å². The molecule has 0 atom stereocenters. The number of hydrogen-bond acceptors (Lipinski definition) is 4. The topological polar surface area (TPSA) is 45.7 Å². The first-order chi connectivity index (χ1) is 12.7. The number of carbonyl (C=O) groups is 1. The minimum Gasteiger partial charge on any atom is -0.439 e. The van der Waals surface area contributed by atoms with E-state index < -0.39 is 0 Å². The largest absolute Gasteiger partial charge is 0.439 e. The normalized spacial score (nSPS) is 18.4. The lowest BCUT2D eigenvalue weighted by Crippen LogP contribution is -2.53. The minimum atomic E-state index is -0.316. The van der Waals surface area contributed by atoms with Gasteiger partial charge in [0.2, 0.25) is 5.88 Å². The van der Waals surface area contributed by atoms with Gasteiger partial charge in [-0.1, -0.05) is 6.42 Å². The summed E-state index contributed by atoms with van der Waals surface area (Å²) in [5.74, 6) is 0.579. The van der Waals surface area contributed by atoms with Gasteiger partial charge in [-0.15, -0.1) is 0 Å². The smallest absolute Gasteiger partial charge is 0.255 e. The maximum Gasteiger partial charge on any atom is 0.255 e. The summed E-state index contributed by atoms with van der Waals surface area (Å²) in [7, 11) is 0. The standard InChI is InChI=1S/C20H22FN3O2/c21-16-5-7-18(8-6-16)26-19-9-4-15(14-22-19)20(25)24-12-10-23(11-13-24)17-2-1-3-17/h4-9,14,17H,1-3,10-13H2. The molecule has 1 amide bonds. The molecule has 1 saturated heterocycles. The fraction of sp³-hybridized carbons (Fsp3) is 0.400. The minimum absolute atomic E-state index is 0.0130. The van der Waals surface area contributed by atoms with Crippen molar-refractivity contribution < 1.29 is 13.9 Å². The molecule has 2 heterocycles. The summed E-state index contributed by atoms with van der Waals surface area (Å²) in [4.78, 5) is 21.3. The summed E-state index contributed by atoms with van der Waals surface area (Å²) >= 11 is 0. The summed E-state index contributed by atoms with van der Waals surface area (Å²) < 4.78 is 18.5. The Hall–Kier alpha value is -2.47. The maximum atomic E-state index is 12.9. The third-order valence-corrected chi connectivity index (χ3v) is 5.21. The molecule has 1 aliphatic heterocycles. The van der Waals surface area contributed by atoms with Crippen LogP contribution in [0.5, 0.6) is 11.6 Å². The highest BCUT2D eigenvalue weighted by atomic mass is 19.1. The molecule has 0 radical (unpaired) electrons. The number of piperazine rings is 1. The second-order valence-corrected chi connectivity index (χ2v) is 6.85. The number of halogens is 1. The maximum absolute atomic E-state index is 12.9. The number of nitrogens with zero attached hydrogens (tertiary/aromatic N) is 3. The molecule has 4 rings (SSSR count). The van der Waals surface area contributed by atoms with E-state index in [1.165, 1.54) is 43.5 Å². The molecule has 5 nitrogen and oxygen atoms in total. The predicted octanol–water partition coefficient (Wildman–Crippen LogP) is 3.32. The van der Waals surface area contributed by atoms with Crippen molar-refractivity contribution >= 4 is 5.91 Å². The zero-order chi connectivity index (χ0) is 17.9. The van der Waals surface area contributed by atoms with Gasteiger partial charge in [0.25, 0.3) is 5.91 Å². The van der Waals surface area contributed by atoms with Crippen LogP contribution < -0.4 is 4.74 Å². The molecule has 2 aromatic rings. The van der Waals surface area contributed by atoms with Crippen molar-refractivity contribution in [3.05, 3.63) is 54.0 Å². The van der Waals surface area contributed by atoms with Crippen LogP contribution in [0.3, 0.4) is 0 Å². The van der Waals surface area contributed by atoms with E-state index in [-0.39, 0.29) is 11.7 Å². The number of amides is 1. The highest BCUT2D eigenvalue weighted by Crippen LogP contribution is 2.26. The fourth-order valence-electron chi connectivity index (χ4n) is 3.42. The molecule has 0 spiro atoms. The Balaban J connectivity index is 1.34.